The standard InChI is InChI=1S/C27H25FN2O2S/c1-20(31)26-19-33-27(29-26)17-30(16-23-8-5-9-24(28)14-23)15-21-10-12-25(13-11-21)32-18-22-6-3-2-4-7-22/h2-14,19H,15-18H2,1H3. The number of rotatable bonds is 10. The van der Waals surface area contributed by atoms with Crippen LogP contribution < -0.4 is 4.74 Å². The SMILES string of the molecule is CC(=O)c1csc(CN(Cc2ccc(OCc3ccccc3)cc2)Cc2cccc(F)c2)n1. The maximum atomic E-state index is 13.7. The lowest BCUT2D eigenvalue weighted by atomic mass is 10.1. The van der Waals surface area contributed by atoms with Gasteiger partial charge in [0.15, 0.2) is 5.78 Å². The molecule has 168 valence electrons. The lowest BCUT2D eigenvalue weighted by Crippen LogP contribution is -2.22. The van der Waals surface area contributed by atoms with Crippen LogP contribution >= 0.6 is 11.3 Å². The molecule has 33 heavy (non-hydrogen) atoms. The van der Waals surface area contributed by atoms with Gasteiger partial charge in [0.1, 0.15) is 28.9 Å². The first kappa shape index (κ1) is 22.8. The van der Waals surface area contributed by atoms with Crippen LogP contribution in [0.4, 0.5) is 4.39 Å². The molecule has 4 rings (SSSR count). The molecule has 4 nitrogen and oxygen atoms in total. The van der Waals surface area contributed by atoms with Crippen LogP contribution in [0.1, 0.15) is 39.1 Å². The zero-order chi connectivity index (χ0) is 23.0. The zero-order valence-corrected chi connectivity index (χ0v) is 19.2. The van der Waals surface area contributed by atoms with Gasteiger partial charge in [0.2, 0.25) is 0 Å². The van der Waals surface area contributed by atoms with Crippen LogP contribution in [0, 0.1) is 5.82 Å². The molecule has 6 heteroatoms. The van der Waals surface area contributed by atoms with Gasteiger partial charge in [0.05, 0.1) is 6.54 Å². The van der Waals surface area contributed by atoms with Crippen molar-refractivity contribution in [3.63, 3.8) is 0 Å². The molecular formula is C27H25FN2O2S. The van der Waals surface area contributed by atoms with Gasteiger partial charge in [-0.05, 0) is 41.0 Å². The number of benzene rings is 3. The molecule has 4 aromatic rings. The van der Waals surface area contributed by atoms with E-state index in [9.17, 15) is 9.18 Å². The molecule has 1 heterocycles. The van der Waals surface area contributed by atoms with Gasteiger partial charge in [-0.3, -0.25) is 9.69 Å². The quantitative estimate of drug-likeness (QED) is 0.262. The highest BCUT2D eigenvalue weighted by Crippen LogP contribution is 2.20. The fourth-order valence-corrected chi connectivity index (χ4v) is 4.36. The van der Waals surface area contributed by atoms with Crippen molar-refractivity contribution in [3.05, 3.63) is 117 Å². The predicted octanol–water partition coefficient (Wildman–Crippen LogP) is 6.27. The lowest BCUT2D eigenvalue weighted by Gasteiger charge is -2.22. The predicted molar refractivity (Wildman–Crippen MR) is 129 cm³/mol. The number of nitrogens with zero attached hydrogens (tertiary/aromatic N) is 2. The fraction of sp³-hybridized carbons (Fsp3) is 0.185. The van der Waals surface area contributed by atoms with Crippen LogP contribution in [0.3, 0.4) is 0 Å². The van der Waals surface area contributed by atoms with E-state index in [0.717, 1.165) is 27.4 Å². The van der Waals surface area contributed by atoms with Gasteiger partial charge in [0, 0.05) is 25.4 Å². The summed E-state index contributed by atoms with van der Waals surface area (Å²) < 4.78 is 19.6. The highest BCUT2D eigenvalue weighted by Gasteiger charge is 2.13. The Hall–Kier alpha value is -3.35. The summed E-state index contributed by atoms with van der Waals surface area (Å²) in [4.78, 5) is 18.3. The number of ether oxygens (including phenoxy) is 1. The number of ketones is 1. The Morgan fingerprint density at radius 3 is 2.33 bits per heavy atom. The second kappa shape index (κ2) is 11.0. The average Bonchev–Trinajstić information content (AvgIpc) is 3.28. The van der Waals surface area contributed by atoms with E-state index in [1.807, 2.05) is 60.7 Å². The molecular weight excluding hydrogens is 435 g/mol. The maximum absolute atomic E-state index is 13.7. The first-order chi connectivity index (χ1) is 16.0. The molecule has 0 aliphatic rings. The van der Waals surface area contributed by atoms with Crippen molar-refractivity contribution >= 4 is 17.1 Å². The van der Waals surface area contributed by atoms with E-state index >= 15 is 0 Å². The Morgan fingerprint density at radius 1 is 0.909 bits per heavy atom. The number of carbonyl (C=O) groups excluding carboxylic acids is 1. The van der Waals surface area contributed by atoms with Gasteiger partial charge in [-0.15, -0.1) is 11.3 Å². The molecule has 0 unspecified atom stereocenters. The first-order valence-corrected chi connectivity index (χ1v) is 11.6. The summed E-state index contributed by atoms with van der Waals surface area (Å²) in [7, 11) is 0. The summed E-state index contributed by atoms with van der Waals surface area (Å²) >= 11 is 1.47. The topological polar surface area (TPSA) is 42.4 Å². The Balaban J connectivity index is 1.44. The molecule has 0 amide bonds. The molecule has 0 N–H and O–H groups in total. The number of hydrogen-bond acceptors (Lipinski definition) is 5. The monoisotopic (exact) mass is 460 g/mol. The van der Waals surface area contributed by atoms with E-state index in [2.05, 4.69) is 9.88 Å². The molecule has 0 spiro atoms. The Labute approximate surface area is 197 Å². The zero-order valence-electron chi connectivity index (χ0n) is 18.4. The van der Waals surface area contributed by atoms with Crippen LogP contribution in [0.2, 0.25) is 0 Å². The van der Waals surface area contributed by atoms with Crippen LogP contribution in [0.5, 0.6) is 5.75 Å². The van der Waals surface area contributed by atoms with Crippen molar-refractivity contribution in [1.29, 1.82) is 0 Å². The molecule has 0 saturated carbocycles. The van der Waals surface area contributed by atoms with Gasteiger partial charge in [-0.2, -0.15) is 0 Å². The van der Waals surface area contributed by atoms with E-state index < -0.39 is 0 Å². The third-order valence-electron chi connectivity index (χ3n) is 5.14. The minimum atomic E-state index is -0.250. The molecule has 3 aromatic carbocycles. The number of aromatic nitrogens is 1. The van der Waals surface area contributed by atoms with E-state index in [4.69, 9.17) is 4.74 Å². The average molecular weight is 461 g/mol. The second-order valence-corrected chi connectivity index (χ2v) is 8.82. The molecule has 0 aliphatic heterocycles. The fourth-order valence-electron chi connectivity index (χ4n) is 3.49. The number of hydrogen-bond donors (Lipinski definition) is 0. The van der Waals surface area contributed by atoms with Gasteiger partial charge >= 0.3 is 0 Å². The van der Waals surface area contributed by atoms with Crippen molar-refractivity contribution in [2.75, 3.05) is 0 Å². The molecule has 0 saturated heterocycles. The summed E-state index contributed by atoms with van der Waals surface area (Å²) in [6, 6.07) is 24.7. The smallest absolute Gasteiger partial charge is 0.178 e. The van der Waals surface area contributed by atoms with E-state index in [1.165, 1.54) is 24.3 Å². The summed E-state index contributed by atoms with van der Waals surface area (Å²) in [5.41, 5.74) is 3.61. The molecule has 0 fully saturated rings. The third kappa shape index (κ3) is 6.81. The van der Waals surface area contributed by atoms with Gasteiger partial charge in [0.25, 0.3) is 0 Å². The van der Waals surface area contributed by atoms with Gasteiger partial charge < -0.3 is 4.74 Å². The number of halogens is 1. The van der Waals surface area contributed by atoms with E-state index in [0.29, 0.717) is 31.9 Å². The number of carbonyl (C=O) groups is 1. The van der Waals surface area contributed by atoms with E-state index in [1.54, 1.807) is 17.5 Å². The molecule has 0 bridgehead atoms. The van der Waals surface area contributed by atoms with Crippen molar-refractivity contribution in [1.82, 2.24) is 9.88 Å². The van der Waals surface area contributed by atoms with Crippen molar-refractivity contribution < 1.29 is 13.9 Å². The summed E-state index contributed by atoms with van der Waals surface area (Å²) in [6.45, 7) is 3.84. The van der Waals surface area contributed by atoms with Crippen LogP contribution in [-0.4, -0.2) is 15.7 Å². The number of thiazole rings is 1. The minimum absolute atomic E-state index is 0.0414. The maximum Gasteiger partial charge on any atom is 0.178 e. The van der Waals surface area contributed by atoms with Gasteiger partial charge in [-0.1, -0.05) is 54.6 Å². The van der Waals surface area contributed by atoms with Gasteiger partial charge in [-0.25, -0.2) is 9.37 Å². The molecule has 0 atom stereocenters. The van der Waals surface area contributed by atoms with Crippen LogP contribution in [0.15, 0.2) is 84.2 Å². The first-order valence-electron chi connectivity index (χ1n) is 10.7. The third-order valence-corrected chi connectivity index (χ3v) is 5.98. The summed E-state index contributed by atoms with van der Waals surface area (Å²) in [6.07, 6.45) is 0. The largest absolute Gasteiger partial charge is 0.489 e. The summed E-state index contributed by atoms with van der Waals surface area (Å²) in [5, 5.41) is 2.65. The van der Waals surface area contributed by atoms with Crippen molar-refractivity contribution in [3.8, 4) is 5.75 Å². The lowest BCUT2D eigenvalue weighted by molar-refractivity contribution is 0.101. The molecule has 0 radical (unpaired) electrons. The summed E-state index contributed by atoms with van der Waals surface area (Å²) in [5.74, 6) is 0.520. The van der Waals surface area contributed by atoms with Crippen molar-refractivity contribution in [2.24, 2.45) is 0 Å². The Morgan fingerprint density at radius 2 is 1.64 bits per heavy atom. The highest BCUT2D eigenvalue weighted by molar-refractivity contribution is 7.09. The normalized spacial score (nSPS) is 11.0. The molecule has 1 aromatic heterocycles. The Bertz CT molecular complexity index is 1190. The van der Waals surface area contributed by atoms with E-state index in [-0.39, 0.29) is 11.6 Å². The second-order valence-electron chi connectivity index (χ2n) is 7.88. The minimum Gasteiger partial charge on any atom is -0.489 e. The number of Topliss-reactive ketones (excluding diaryl/α,β-unsaturated/α-hetero) is 1. The van der Waals surface area contributed by atoms with Crippen molar-refractivity contribution in [2.45, 2.75) is 33.2 Å². The van der Waals surface area contributed by atoms with Crippen LogP contribution in [-0.2, 0) is 26.2 Å². The van der Waals surface area contributed by atoms with Crippen LogP contribution in [0.25, 0.3) is 0 Å². The Kier molecular flexibility index (Phi) is 7.60. The highest BCUT2D eigenvalue weighted by atomic mass is 32.1. The molecule has 0 aliphatic carbocycles.